The lowest BCUT2D eigenvalue weighted by atomic mass is 9.70. The molecule has 0 spiro atoms. The normalized spacial score (nSPS) is 30.3. The minimum Gasteiger partial charge on any atom is -0.0613 e. The summed E-state index contributed by atoms with van der Waals surface area (Å²) in [5.41, 5.74) is 6.09. The van der Waals surface area contributed by atoms with Crippen LogP contribution in [0.1, 0.15) is 126 Å². The molecule has 38 heavy (non-hydrogen) atoms. The van der Waals surface area contributed by atoms with Crippen LogP contribution in [0.3, 0.4) is 0 Å². The van der Waals surface area contributed by atoms with Gasteiger partial charge in [-0.15, -0.1) is 0 Å². The molecule has 0 aromatic heterocycles. The van der Waals surface area contributed by atoms with Crippen LogP contribution in [0.15, 0.2) is 48.5 Å². The van der Waals surface area contributed by atoms with E-state index < -0.39 is 0 Å². The third kappa shape index (κ3) is 8.22. The summed E-state index contributed by atoms with van der Waals surface area (Å²) in [5, 5.41) is 0. The van der Waals surface area contributed by atoms with Gasteiger partial charge in [-0.2, -0.15) is 0 Å². The molecule has 0 heterocycles. The van der Waals surface area contributed by atoms with Gasteiger partial charge < -0.3 is 0 Å². The van der Waals surface area contributed by atoms with Gasteiger partial charge in [0.15, 0.2) is 0 Å². The molecule has 3 aliphatic carbocycles. The van der Waals surface area contributed by atoms with Crippen LogP contribution in [0.4, 0.5) is 0 Å². The zero-order valence-corrected chi connectivity index (χ0v) is 24.8. The lowest BCUT2D eigenvalue weighted by Gasteiger charge is -2.36. The first-order valence-electron chi connectivity index (χ1n) is 16.8. The minimum atomic E-state index is 0.936. The summed E-state index contributed by atoms with van der Waals surface area (Å²) >= 11 is 0. The van der Waals surface area contributed by atoms with Gasteiger partial charge in [-0.1, -0.05) is 114 Å². The van der Waals surface area contributed by atoms with Crippen LogP contribution in [0.5, 0.6) is 0 Å². The summed E-state index contributed by atoms with van der Waals surface area (Å²) in [4.78, 5) is 0. The predicted octanol–water partition coefficient (Wildman–Crippen LogP) is 10.8. The molecule has 0 atom stereocenters. The summed E-state index contributed by atoms with van der Waals surface area (Å²) in [6.07, 6.45) is 26.1. The van der Waals surface area contributed by atoms with E-state index in [0.29, 0.717) is 0 Å². The van der Waals surface area contributed by atoms with Gasteiger partial charge in [0.2, 0.25) is 0 Å². The Balaban J connectivity index is 0.943. The third-order valence-corrected chi connectivity index (χ3v) is 11.1. The fourth-order valence-corrected chi connectivity index (χ4v) is 8.48. The van der Waals surface area contributed by atoms with E-state index in [1.54, 1.807) is 24.0 Å². The van der Waals surface area contributed by atoms with Crippen LogP contribution in [0.2, 0.25) is 0 Å². The number of benzene rings is 2. The molecule has 0 saturated heterocycles. The van der Waals surface area contributed by atoms with Crippen molar-refractivity contribution in [1.82, 2.24) is 0 Å². The Labute approximate surface area is 235 Å². The number of rotatable bonds is 10. The van der Waals surface area contributed by atoms with Crippen molar-refractivity contribution >= 4 is 0 Å². The Morgan fingerprint density at radius 2 is 0.605 bits per heavy atom. The van der Waals surface area contributed by atoms with Crippen LogP contribution in [-0.4, -0.2) is 0 Å². The fraction of sp³-hybridized carbons (Fsp3) is 0.684. The highest BCUT2D eigenvalue weighted by Gasteiger charge is 2.29. The first-order chi connectivity index (χ1) is 18.7. The van der Waals surface area contributed by atoms with Crippen molar-refractivity contribution in [3.05, 3.63) is 70.8 Å². The van der Waals surface area contributed by atoms with E-state index in [4.69, 9.17) is 0 Å². The monoisotopic (exact) mass is 512 g/mol. The van der Waals surface area contributed by atoms with Crippen molar-refractivity contribution in [2.75, 3.05) is 0 Å². The average molecular weight is 513 g/mol. The molecule has 0 aliphatic heterocycles. The molecule has 0 unspecified atom stereocenters. The Bertz CT molecular complexity index is 834. The van der Waals surface area contributed by atoms with Crippen molar-refractivity contribution in [3.8, 4) is 0 Å². The summed E-state index contributed by atoms with van der Waals surface area (Å²) in [6, 6.07) is 18.9. The summed E-state index contributed by atoms with van der Waals surface area (Å²) in [5.74, 6) is 6.03. The van der Waals surface area contributed by atoms with Gasteiger partial charge in [0.1, 0.15) is 0 Å². The summed E-state index contributed by atoms with van der Waals surface area (Å²) < 4.78 is 0. The van der Waals surface area contributed by atoms with E-state index in [0.717, 1.165) is 48.3 Å². The van der Waals surface area contributed by atoms with Crippen molar-refractivity contribution < 1.29 is 0 Å². The molecule has 3 saturated carbocycles. The Kier molecular flexibility index (Phi) is 10.4. The predicted molar refractivity (Wildman–Crippen MR) is 165 cm³/mol. The molecule has 0 bridgehead atoms. The van der Waals surface area contributed by atoms with E-state index in [1.165, 1.54) is 101 Å². The Hall–Kier alpha value is -1.56. The highest BCUT2D eigenvalue weighted by Crippen LogP contribution is 2.42. The van der Waals surface area contributed by atoms with Gasteiger partial charge in [-0.3, -0.25) is 0 Å². The van der Waals surface area contributed by atoms with E-state index in [1.807, 2.05) is 0 Å². The molecule has 5 rings (SSSR count). The second-order valence-corrected chi connectivity index (χ2v) is 13.9. The summed E-state index contributed by atoms with van der Waals surface area (Å²) in [6.45, 7) is 4.51. The lowest BCUT2D eigenvalue weighted by Crippen LogP contribution is -2.23. The molecule has 2 aromatic carbocycles. The van der Waals surface area contributed by atoms with Crippen LogP contribution >= 0.6 is 0 Å². The second kappa shape index (κ2) is 14.2. The number of hydrogen-bond donors (Lipinski definition) is 0. The maximum Gasteiger partial charge on any atom is -0.0250 e. The zero-order chi connectivity index (χ0) is 26.2. The van der Waals surface area contributed by atoms with Gasteiger partial charge in [0.05, 0.1) is 0 Å². The van der Waals surface area contributed by atoms with Gasteiger partial charge in [-0.25, -0.2) is 0 Å². The molecular weight excluding hydrogens is 456 g/mol. The molecule has 0 amide bonds. The SMILES string of the molecule is CCc1ccc(CC2CCC(CC3CCC(CC4CCC(Cc5ccc(CC)cc5)CC4)CC3)CC2)cc1. The third-order valence-electron chi connectivity index (χ3n) is 11.1. The van der Waals surface area contributed by atoms with E-state index >= 15 is 0 Å². The van der Waals surface area contributed by atoms with Crippen molar-refractivity contribution in [2.24, 2.45) is 35.5 Å². The maximum atomic E-state index is 2.39. The van der Waals surface area contributed by atoms with Gasteiger partial charge in [0.25, 0.3) is 0 Å². The average Bonchev–Trinajstić information content (AvgIpc) is 2.97. The van der Waals surface area contributed by atoms with Crippen molar-refractivity contribution in [3.63, 3.8) is 0 Å². The van der Waals surface area contributed by atoms with Gasteiger partial charge in [0, 0.05) is 0 Å². The quantitative estimate of drug-likeness (QED) is 0.297. The topological polar surface area (TPSA) is 0 Å². The minimum absolute atomic E-state index is 0.936. The van der Waals surface area contributed by atoms with Crippen LogP contribution < -0.4 is 0 Å². The highest BCUT2D eigenvalue weighted by atomic mass is 14.3. The Morgan fingerprint density at radius 3 is 0.868 bits per heavy atom. The standard InChI is InChI=1S/C38H56/c1-3-29-5-9-31(10-6-29)25-33-13-17-35(18-14-33)27-37-21-23-38(24-22-37)28-36-19-15-34(16-20-36)26-32-11-7-30(4-2)8-12-32/h5-12,33-38H,3-4,13-28H2,1-2H3. The number of hydrogen-bond acceptors (Lipinski definition) is 0. The lowest BCUT2D eigenvalue weighted by molar-refractivity contribution is 0.164. The van der Waals surface area contributed by atoms with E-state index in [-0.39, 0.29) is 0 Å². The van der Waals surface area contributed by atoms with Gasteiger partial charge >= 0.3 is 0 Å². The van der Waals surface area contributed by atoms with Crippen molar-refractivity contribution in [2.45, 2.75) is 129 Å². The number of aryl methyl sites for hydroxylation is 2. The molecule has 0 nitrogen and oxygen atoms in total. The maximum absolute atomic E-state index is 2.39. The molecule has 208 valence electrons. The molecule has 3 aliphatic rings. The van der Waals surface area contributed by atoms with E-state index in [2.05, 4.69) is 62.4 Å². The first-order valence-corrected chi connectivity index (χ1v) is 16.8. The largest absolute Gasteiger partial charge is 0.0613 e. The van der Waals surface area contributed by atoms with Gasteiger partial charge in [-0.05, 0) is 122 Å². The molecule has 0 radical (unpaired) electrons. The molecule has 0 N–H and O–H groups in total. The fourth-order valence-electron chi connectivity index (χ4n) is 8.48. The molecular formula is C38H56. The second-order valence-electron chi connectivity index (χ2n) is 13.9. The first kappa shape index (κ1) is 28.0. The smallest absolute Gasteiger partial charge is 0.0250 e. The Morgan fingerprint density at radius 1 is 0.368 bits per heavy atom. The highest BCUT2D eigenvalue weighted by molar-refractivity contribution is 5.23. The van der Waals surface area contributed by atoms with Crippen molar-refractivity contribution in [1.29, 1.82) is 0 Å². The van der Waals surface area contributed by atoms with Crippen LogP contribution in [0, 0.1) is 35.5 Å². The summed E-state index contributed by atoms with van der Waals surface area (Å²) in [7, 11) is 0. The van der Waals surface area contributed by atoms with Crippen LogP contribution in [0.25, 0.3) is 0 Å². The van der Waals surface area contributed by atoms with Crippen LogP contribution in [-0.2, 0) is 25.7 Å². The zero-order valence-electron chi connectivity index (χ0n) is 24.8. The molecule has 3 fully saturated rings. The van der Waals surface area contributed by atoms with E-state index in [9.17, 15) is 0 Å². The molecule has 2 aromatic rings. The molecule has 0 heteroatoms.